The molecule has 0 amide bonds. The molecule has 0 atom stereocenters. The second-order valence-corrected chi connectivity index (χ2v) is 6.79. The first-order valence-electron chi connectivity index (χ1n) is 8.99. The molecule has 0 bridgehead atoms. The van der Waals surface area contributed by atoms with Gasteiger partial charge in [-0.3, -0.25) is 4.99 Å². The van der Waals surface area contributed by atoms with Gasteiger partial charge in [0.05, 0.1) is 0 Å². The molecule has 2 N–H and O–H groups in total. The van der Waals surface area contributed by atoms with Crippen molar-refractivity contribution in [3.63, 3.8) is 0 Å². The lowest BCUT2D eigenvalue weighted by Crippen LogP contribution is -2.38. The summed E-state index contributed by atoms with van der Waals surface area (Å²) in [5.41, 5.74) is 1.24. The molecule has 0 spiro atoms. The Morgan fingerprint density at radius 3 is 2.64 bits per heavy atom. The number of unbranched alkanes of at least 4 members (excludes halogenated alkanes) is 1. The smallest absolute Gasteiger partial charge is 0.191 e. The molecule has 0 fully saturated rings. The van der Waals surface area contributed by atoms with E-state index in [0.29, 0.717) is 6.04 Å². The maximum atomic E-state index is 6.02. The van der Waals surface area contributed by atoms with Crippen LogP contribution in [0.2, 0.25) is 5.02 Å². The van der Waals surface area contributed by atoms with Gasteiger partial charge >= 0.3 is 0 Å². The summed E-state index contributed by atoms with van der Waals surface area (Å²) in [6, 6.07) is 8.62. The van der Waals surface area contributed by atoms with Crippen LogP contribution in [-0.4, -0.2) is 50.1 Å². The van der Waals surface area contributed by atoms with Crippen LogP contribution in [0.1, 0.15) is 39.2 Å². The fraction of sp³-hybridized carbons (Fsp3) is 0.632. The van der Waals surface area contributed by atoms with Crippen LogP contribution in [0, 0.1) is 0 Å². The highest BCUT2D eigenvalue weighted by molar-refractivity contribution is 14.0. The Bertz CT molecular complexity index is 494. The largest absolute Gasteiger partial charge is 0.357 e. The van der Waals surface area contributed by atoms with Crippen molar-refractivity contribution in [3.05, 3.63) is 34.9 Å². The quantitative estimate of drug-likeness (QED) is 0.228. The fourth-order valence-electron chi connectivity index (χ4n) is 2.28. The summed E-state index contributed by atoms with van der Waals surface area (Å²) in [5.74, 6) is 0.900. The van der Waals surface area contributed by atoms with Crippen molar-refractivity contribution in [3.8, 4) is 0 Å². The molecule has 1 rings (SSSR count). The predicted octanol–water partition coefficient (Wildman–Crippen LogP) is 4.18. The lowest BCUT2D eigenvalue weighted by molar-refractivity contribution is 0.269. The highest BCUT2D eigenvalue weighted by Gasteiger charge is 2.02. The topological polar surface area (TPSA) is 39.7 Å². The molecule has 0 saturated heterocycles. The van der Waals surface area contributed by atoms with Gasteiger partial charge in [0.15, 0.2) is 5.96 Å². The lowest BCUT2D eigenvalue weighted by Gasteiger charge is -2.20. The summed E-state index contributed by atoms with van der Waals surface area (Å²) >= 11 is 6.02. The van der Waals surface area contributed by atoms with E-state index in [1.807, 2.05) is 18.2 Å². The molecular formula is C19H34ClIN4. The van der Waals surface area contributed by atoms with Crippen molar-refractivity contribution in [2.75, 3.05) is 33.2 Å². The van der Waals surface area contributed by atoms with Crippen molar-refractivity contribution in [1.82, 2.24) is 15.5 Å². The zero-order valence-corrected chi connectivity index (χ0v) is 19.1. The van der Waals surface area contributed by atoms with Crippen LogP contribution in [-0.2, 0) is 6.42 Å². The third-order valence-electron chi connectivity index (χ3n) is 4.01. The summed E-state index contributed by atoms with van der Waals surface area (Å²) in [7, 11) is 2.18. The summed E-state index contributed by atoms with van der Waals surface area (Å²) in [6.45, 7) is 10.3. The maximum absolute atomic E-state index is 6.02. The number of benzene rings is 1. The molecule has 0 heterocycles. The standard InChI is InChI=1S/C19H33ClN4.HI/c1-5-21-19(22-12-6-7-14-24(4)16(2)3)23-13-11-17-9-8-10-18(20)15-17;/h8-10,15-16H,5-7,11-14H2,1-4H3,(H2,21,22,23);1H. The number of guanidine groups is 1. The van der Waals surface area contributed by atoms with Gasteiger partial charge in [0.2, 0.25) is 0 Å². The van der Waals surface area contributed by atoms with Crippen LogP contribution in [0.4, 0.5) is 0 Å². The van der Waals surface area contributed by atoms with Crippen molar-refractivity contribution >= 4 is 41.5 Å². The van der Waals surface area contributed by atoms with Gasteiger partial charge in [-0.05, 0) is 71.3 Å². The molecule has 0 aliphatic carbocycles. The predicted molar refractivity (Wildman–Crippen MR) is 122 cm³/mol. The van der Waals surface area contributed by atoms with Crippen LogP contribution in [0.25, 0.3) is 0 Å². The van der Waals surface area contributed by atoms with Crippen molar-refractivity contribution in [1.29, 1.82) is 0 Å². The Kier molecular flexibility index (Phi) is 14.3. The number of aliphatic imine (C=N–C) groups is 1. The Morgan fingerprint density at radius 1 is 1.24 bits per heavy atom. The Hall–Kier alpha value is -0.530. The second kappa shape index (κ2) is 14.6. The van der Waals surface area contributed by atoms with E-state index in [9.17, 15) is 0 Å². The number of nitrogens with one attached hydrogen (secondary N) is 2. The summed E-state index contributed by atoms with van der Waals surface area (Å²) in [5, 5.41) is 7.48. The summed E-state index contributed by atoms with van der Waals surface area (Å²) < 4.78 is 0. The SMILES string of the molecule is CCNC(=NCCCCN(C)C(C)C)NCCc1cccc(Cl)c1.I. The van der Waals surface area contributed by atoms with Gasteiger partial charge in [0.25, 0.3) is 0 Å². The number of rotatable bonds is 10. The first kappa shape index (κ1) is 24.5. The number of hydrogen-bond donors (Lipinski definition) is 2. The molecule has 4 nitrogen and oxygen atoms in total. The average Bonchev–Trinajstić information content (AvgIpc) is 2.54. The van der Waals surface area contributed by atoms with Crippen molar-refractivity contribution in [2.24, 2.45) is 4.99 Å². The van der Waals surface area contributed by atoms with Crippen LogP contribution in [0.15, 0.2) is 29.3 Å². The van der Waals surface area contributed by atoms with Gasteiger partial charge in [-0.25, -0.2) is 0 Å². The van der Waals surface area contributed by atoms with Crippen LogP contribution in [0.5, 0.6) is 0 Å². The molecule has 0 radical (unpaired) electrons. The van der Waals surface area contributed by atoms with E-state index >= 15 is 0 Å². The van der Waals surface area contributed by atoms with Gasteiger partial charge in [-0.1, -0.05) is 23.7 Å². The second-order valence-electron chi connectivity index (χ2n) is 6.35. The van der Waals surface area contributed by atoms with E-state index in [2.05, 4.69) is 54.4 Å². The molecule has 25 heavy (non-hydrogen) atoms. The van der Waals surface area contributed by atoms with E-state index in [1.54, 1.807) is 0 Å². The molecule has 0 aliphatic heterocycles. The van der Waals surface area contributed by atoms with Crippen molar-refractivity contribution in [2.45, 2.75) is 46.1 Å². The number of nitrogens with zero attached hydrogens (tertiary/aromatic N) is 2. The zero-order valence-electron chi connectivity index (χ0n) is 16.0. The summed E-state index contributed by atoms with van der Waals surface area (Å²) in [4.78, 5) is 7.03. The molecule has 0 aromatic heterocycles. The van der Waals surface area contributed by atoms with Gasteiger partial charge in [-0.15, -0.1) is 24.0 Å². The number of halogens is 2. The molecule has 1 aromatic rings. The van der Waals surface area contributed by atoms with Gasteiger partial charge < -0.3 is 15.5 Å². The van der Waals surface area contributed by atoms with E-state index in [0.717, 1.165) is 50.0 Å². The zero-order chi connectivity index (χ0) is 17.8. The highest BCUT2D eigenvalue weighted by atomic mass is 127. The third kappa shape index (κ3) is 11.7. The highest BCUT2D eigenvalue weighted by Crippen LogP contribution is 2.10. The van der Waals surface area contributed by atoms with Crippen LogP contribution < -0.4 is 10.6 Å². The first-order chi connectivity index (χ1) is 11.5. The Balaban J connectivity index is 0.00000576. The third-order valence-corrected chi connectivity index (χ3v) is 4.24. The van der Waals surface area contributed by atoms with E-state index in [1.165, 1.54) is 12.0 Å². The van der Waals surface area contributed by atoms with Crippen LogP contribution in [0.3, 0.4) is 0 Å². The Morgan fingerprint density at radius 2 is 2.00 bits per heavy atom. The lowest BCUT2D eigenvalue weighted by atomic mass is 10.1. The molecule has 0 aliphatic rings. The molecule has 0 unspecified atom stereocenters. The molecule has 144 valence electrons. The fourth-order valence-corrected chi connectivity index (χ4v) is 2.49. The normalized spacial score (nSPS) is 11.6. The molecule has 6 heteroatoms. The van der Waals surface area contributed by atoms with Gasteiger partial charge in [-0.2, -0.15) is 0 Å². The summed E-state index contributed by atoms with van der Waals surface area (Å²) in [6.07, 6.45) is 3.23. The number of hydrogen-bond acceptors (Lipinski definition) is 2. The Labute approximate surface area is 175 Å². The van der Waals surface area contributed by atoms with Gasteiger partial charge in [0, 0.05) is 30.7 Å². The minimum Gasteiger partial charge on any atom is -0.357 e. The van der Waals surface area contributed by atoms with Gasteiger partial charge in [0.1, 0.15) is 0 Å². The minimum atomic E-state index is 0. The maximum Gasteiger partial charge on any atom is 0.191 e. The van der Waals surface area contributed by atoms with E-state index in [4.69, 9.17) is 11.6 Å². The van der Waals surface area contributed by atoms with Crippen molar-refractivity contribution < 1.29 is 0 Å². The molecule has 0 saturated carbocycles. The molecule has 1 aromatic carbocycles. The van der Waals surface area contributed by atoms with E-state index in [-0.39, 0.29) is 24.0 Å². The first-order valence-corrected chi connectivity index (χ1v) is 9.37. The monoisotopic (exact) mass is 480 g/mol. The average molecular weight is 481 g/mol. The minimum absolute atomic E-state index is 0. The molecular weight excluding hydrogens is 447 g/mol. The van der Waals surface area contributed by atoms with Crippen LogP contribution >= 0.6 is 35.6 Å². The van der Waals surface area contributed by atoms with E-state index < -0.39 is 0 Å².